The Morgan fingerprint density at radius 1 is 1.29 bits per heavy atom. The first-order valence-electron chi connectivity index (χ1n) is 6.81. The molecule has 3 rings (SSSR count). The zero-order chi connectivity index (χ0) is 15.0. The van der Waals surface area contributed by atoms with Gasteiger partial charge in [-0.1, -0.05) is 11.6 Å². The fourth-order valence-corrected chi connectivity index (χ4v) is 4.53. The summed E-state index contributed by atoms with van der Waals surface area (Å²) < 4.78 is 37.8. The van der Waals surface area contributed by atoms with Gasteiger partial charge < -0.3 is 14.8 Å². The molecule has 1 N–H and O–H groups in total. The van der Waals surface area contributed by atoms with Crippen LogP contribution in [0.5, 0.6) is 11.5 Å². The molecule has 0 aromatic heterocycles. The Morgan fingerprint density at radius 3 is 2.62 bits per heavy atom. The van der Waals surface area contributed by atoms with Gasteiger partial charge >= 0.3 is 0 Å². The van der Waals surface area contributed by atoms with E-state index in [9.17, 15) is 8.42 Å². The molecule has 0 bridgehead atoms. The SMILES string of the molecule is CC1CN(S(=O)(=O)c2cc3c(cc2Cl)OCCO3)CCN1. The van der Waals surface area contributed by atoms with Crippen LogP contribution in [0.3, 0.4) is 0 Å². The van der Waals surface area contributed by atoms with Crippen molar-refractivity contribution in [3.8, 4) is 11.5 Å². The highest BCUT2D eigenvalue weighted by Crippen LogP contribution is 2.38. The van der Waals surface area contributed by atoms with E-state index in [1.54, 1.807) is 0 Å². The number of nitrogens with one attached hydrogen (secondary N) is 1. The minimum atomic E-state index is -3.63. The second kappa shape index (κ2) is 5.64. The third kappa shape index (κ3) is 2.83. The molecule has 0 saturated carbocycles. The van der Waals surface area contributed by atoms with Crippen molar-refractivity contribution in [2.45, 2.75) is 17.9 Å². The van der Waals surface area contributed by atoms with E-state index in [4.69, 9.17) is 21.1 Å². The lowest BCUT2D eigenvalue weighted by Crippen LogP contribution is -2.51. The van der Waals surface area contributed by atoms with Gasteiger partial charge in [-0.25, -0.2) is 8.42 Å². The lowest BCUT2D eigenvalue weighted by atomic mass is 10.3. The van der Waals surface area contributed by atoms with Gasteiger partial charge in [0.2, 0.25) is 10.0 Å². The Labute approximate surface area is 129 Å². The average Bonchev–Trinajstić information content (AvgIpc) is 2.46. The highest BCUT2D eigenvalue weighted by atomic mass is 35.5. The maximum absolute atomic E-state index is 12.8. The maximum Gasteiger partial charge on any atom is 0.244 e. The highest BCUT2D eigenvalue weighted by Gasteiger charge is 2.31. The van der Waals surface area contributed by atoms with Crippen LogP contribution in [0, 0.1) is 0 Å². The van der Waals surface area contributed by atoms with E-state index in [1.807, 2.05) is 6.92 Å². The van der Waals surface area contributed by atoms with Crippen molar-refractivity contribution in [1.82, 2.24) is 9.62 Å². The van der Waals surface area contributed by atoms with Gasteiger partial charge in [0.1, 0.15) is 18.1 Å². The molecular weight excluding hydrogens is 316 g/mol. The summed E-state index contributed by atoms with van der Waals surface area (Å²) in [5.74, 6) is 0.909. The summed E-state index contributed by atoms with van der Waals surface area (Å²) in [5.41, 5.74) is 0. The minimum Gasteiger partial charge on any atom is -0.486 e. The third-order valence-electron chi connectivity index (χ3n) is 3.55. The minimum absolute atomic E-state index is 0.0718. The summed E-state index contributed by atoms with van der Waals surface area (Å²) in [6.07, 6.45) is 0. The normalized spacial score (nSPS) is 23.0. The van der Waals surface area contributed by atoms with Crippen molar-refractivity contribution in [3.63, 3.8) is 0 Å². The molecule has 2 heterocycles. The van der Waals surface area contributed by atoms with Crippen LogP contribution in [0.2, 0.25) is 5.02 Å². The number of fused-ring (bicyclic) bond motifs is 1. The van der Waals surface area contributed by atoms with Crippen LogP contribution in [0.1, 0.15) is 6.92 Å². The fourth-order valence-electron chi connectivity index (χ4n) is 2.50. The zero-order valence-electron chi connectivity index (χ0n) is 11.6. The molecule has 1 unspecified atom stereocenters. The molecule has 8 heteroatoms. The molecule has 0 amide bonds. The van der Waals surface area contributed by atoms with E-state index in [0.29, 0.717) is 44.3 Å². The predicted molar refractivity (Wildman–Crippen MR) is 78.7 cm³/mol. The molecule has 1 atom stereocenters. The van der Waals surface area contributed by atoms with E-state index < -0.39 is 10.0 Å². The van der Waals surface area contributed by atoms with Crippen LogP contribution in [-0.2, 0) is 10.0 Å². The van der Waals surface area contributed by atoms with Gasteiger partial charge in [0.05, 0.1) is 5.02 Å². The summed E-state index contributed by atoms with van der Waals surface area (Å²) >= 11 is 6.14. The first-order valence-corrected chi connectivity index (χ1v) is 8.63. The third-order valence-corrected chi connectivity index (χ3v) is 5.88. The smallest absolute Gasteiger partial charge is 0.244 e. The Bertz CT molecular complexity index is 650. The number of halogens is 1. The second-order valence-corrected chi connectivity index (χ2v) is 7.46. The Balaban J connectivity index is 1.98. The molecule has 21 heavy (non-hydrogen) atoms. The molecule has 1 aromatic carbocycles. The zero-order valence-corrected chi connectivity index (χ0v) is 13.2. The number of nitrogens with zero attached hydrogens (tertiary/aromatic N) is 1. The predicted octanol–water partition coefficient (Wildman–Crippen LogP) is 1.09. The molecule has 1 fully saturated rings. The molecule has 2 aliphatic rings. The molecule has 0 spiro atoms. The molecule has 6 nitrogen and oxygen atoms in total. The lowest BCUT2D eigenvalue weighted by molar-refractivity contribution is 0.171. The van der Waals surface area contributed by atoms with E-state index in [2.05, 4.69) is 5.32 Å². The number of ether oxygens (including phenoxy) is 2. The Hall–Kier alpha value is -1.02. The van der Waals surface area contributed by atoms with Gasteiger partial charge in [-0.05, 0) is 6.92 Å². The van der Waals surface area contributed by atoms with Gasteiger partial charge in [-0.3, -0.25) is 0 Å². The monoisotopic (exact) mass is 332 g/mol. The quantitative estimate of drug-likeness (QED) is 0.878. The number of hydrogen-bond donors (Lipinski definition) is 1. The molecule has 0 radical (unpaired) electrons. The molecular formula is C13H17ClN2O4S. The van der Waals surface area contributed by atoms with E-state index in [0.717, 1.165) is 0 Å². The van der Waals surface area contributed by atoms with Gasteiger partial charge in [0.25, 0.3) is 0 Å². The van der Waals surface area contributed by atoms with Crippen molar-refractivity contribution in [1.29, 1.82) is 0 Å². The molecule has 2 aliphatic heterocycles. The lowest BCUT2D eigenvalue weighted by Gasteiger charge is -2.31. The standard InChI is InChI=1S/C13H17ClN2O4S/c1-9-8-16(3-2-15-9)21(17,18)13-7-12-11(6-10(13)14)19-4-5-20-12/h6-7,9,15H,2-5,8H2,1H3. The molecule has 0 aliphatic carbocycles. The molecule has 1 aromatic rings. The molecule has 116 valence electrons. The molecule has 1 saturated heterocycles. The van der Waals surface area contributed by atoms with Crippen LogP contribution < -0.4 is 14.8 Å². The maximum atomic E-state index is 12.8. The topological polar surface area (TPSA) is 67.9 Å². The van der Waals surface area contributed by atoms with Crippen molar-refractivity contribution in [3.05, 3.63) is 17.2 Å². The van der Waals surface area contributed by atoms with Crippen LogP contribution >= 0.6 is 11.6 Å². The second-order valence-electron chi connectivity index (χ2n) is 5.14. The van der Waals surface area contributed by atoms with Crippen molar-refractivity contribution in [2.75, 3.05) is 32.8 Å². The Morgan fingerprint density at radius 2 is 1.95 bits per heavy atom. The number of hydrogen-bond acceptors (Lipinski definition) is 5. The average molecular weight is 333 g/mol. The number of sulfonamides is 1. The number of benzene rings is 1. The van der Waals surface area contributed by atoms with Crippen molar-refractivity contribution >= 4 is 21.6 Å². The van der Waals surface area contributed by atoms with E-state index >= 15 is 0 Å². The summed E-state index contributed by atoms with van der Waals surface area (Å²) in [6.45, 7) is 4.27. The van der Waals surface area contributed by atoms with Gasteiger partial charge in [0.15, 0.2) is 11.5 Å². The summed E-state index contributed by atoms with van der Waals surface area (Å²) in [5, 5.41) is 3.37. The number of rotatable bonds is 2. The van der Waals surface area contributed by atoms with Crippen LogP contribution in [0.4, 0.5) is 0 Å². The van der Waals surface area contributed by atoms with E-state index in [-0.39, 0.29) is 16.0 Å². The largest absolute Gasteiger partial charge is 0.486 e. The van der Waals surface area contributed by atoms with Crippen molar-refractivity contribution < 1.29 is 17.9 Å². The Kier molecular flexibility index (Phi) is 4.00. The summed E-state index contributed by atoms with van der Waals surface area (Å²) in [7, 11) is -3.63. The highest BCUT2D eigenvalue weighted by molar-refractivity contribution is 7.89. The van der Waals surface area contributed by atoms with Gasteiger partial charge in [0, 0.05) is 37.8 Å². The fraction of sp³-hybridized carbons (Fsp3) is 0.538. The van der Waals surface area contributed by atoms with Gasteiger partial charge in [-0.2, -0.15) is 4.31 Å². The van der Waals surface area contributed by atoms with Crippen molar-refractivity contribution in [2.24, 2.45) is 0 Å². The van der Waals surface area contributed by atoms with Crippen LogP contribution in [0.15, 0.2) is 17.0 Å². The first-order chi connectivity index (χ1) is 9.98. The summed E-state index contributed by atoms with van der Waals surface area (Å²) in [4.78, 5) is 0.0718. The van der Waals surface area contributed by atoms with Crippen LogP contribution in [-0.4, -0.2) is 51.6 Å². The summed E-state index contributed by atoms with van der Waals surface area (Å²) in [6, 6.07) is 3.08. The van der Waals surface area contributed by atoms with Gasteiger partial charge in [-0.15, -0.1) is 0 Å². The first kappa shape index (κ1) is 14.9. The van der Waals surface area contributed by atoms with E-state index in [1.165, 1.54) is 16.4 Å². The number of piperazine rings is 1. The van der Waals surface area contributed by atoms with Crippen LogP contribution in [0.25, 0.3) is 0 Å².